The van der Waals surface area contributed by atoms with Crippen molar-refractivity contribution >= 4 is 36.5 Å². The van der Waals surface area contributed by atoms with Gasteiger partial charge in [0.15, 0.2) is 9.84 Å². The van der Waals surface area contributed by atoms with Gasteiger partial charge in [-0.2, -0.15) is 26.3 Å². The summed E-state index contributed by atoms with van der Waals surface area (Å²) >= 11 is 0. The van der Waals surface area contributed by atoms with Gasteiger partial charge >= 0.3 is 12.4 Å². The Morgan fingerprint density at radius 1 is 0.600 bits per heavy atom. The molecule has 0 spiro atoms. The average molecular weight is 931 g/mol. The Balaban J connectivity index is 1.07. The number of imidazole rings is 2. The number of aromatic nitrogens is 4. The van der Waals surface area contributed by atoms with Crippen LogP contribution in [0.25, 0.3) is 33.8 Å². The molecule has 0 aliphatic heterocycles. The predicted octanol–water partition coefficient (Wildman–Crippen LogP) is 11.8. The molecule has 0 aliphatic rings. The van der Waals surface area contributed by atoms with Gasteiger partial charge < -0.3 is 9.47 Å². The molecular weight excluding hydrogens is 891 g/mol. The minimum absolute atomic E-state index is 0.0531. The zero-order chi connectivity index (χ0) is 46.5. The number of ether oxygens (including phenoxy) is 2. The Morgan fingerprint density at radius 3 is 1.60 bits per heavy atom. The van der Waals surface area contributed by atoms with Crippen molar-refractivity contribution in [2.75, 3.05) is 12.0 Å². The van der Waals surface area contributed by atoms with Crippen molar-refractivity contribution in [2.24, 2.45) is 0 Å². The van der Waals surface area contributed by atoms with Crippen molar-refractivity contribution in [3.63, 3.8) is 0 Å². The van der Waals surface area contributed by atoms with E-state index in [1.165, 1.54) is 33.2 Å². The number of rotatable bonds is 13. The molecule has 65 heavy (non-hydrogen) atoms. The summed E-state index contributed by atoms with van der Waals surface area (Å²) in [6, 6.07) is 29.1. The lowest BCUT2D eigenvalue weighted by Crippen LogP contribution is -2.13. The molecule has 4 heterocycles. The molecule has 8 aromatic rings. The second-order valence-electron chi connectivity index (χ2n) is 15.3. The van der Waals surface area contributed by atoms with E-state index in [0.29, 0.717) is 63.1 Å². The van der Waals surface area contributed by atoms with Crippen LogP contribution in [0, 0.1) is 0 Å². The number of benzene rings is 4. The summed E-state index contributed by atoms with van der Waals surface area (Å²) in [6.07, 6.45) is -4.63. The lowest BCUT2D eigenvalue weighted by atomic mass is 10.1. The topological polar surface area (TPSA) is 104 Å². The molecule has 17 heteroatoms. The van der Waals surface area contributed by atoms with Gasteiger partial charge in [0, 0.05) is 40.4 Å². The highest BCUT2D eigenvalue weighted by atomic mass is 32.2. The Bertz CT molecular complexity index is 3340. The molecule has 0 N–H and O–H groups in total. The molecule has 1 atom stereocenters. The molecule has 336 valence electrons. The summed E-state index contributed by atoms with van der Waals surface area (Å²) in [5.74, 6) is 5.07. The smallest absolute Gasteiger partial charge is 0.419 e. The standard InChI is InChI=1S/C48H40F6N4O5S2/c1-5-41-43(57-22-11-20-39(45(57)55-41)47(49,50)51)31-12-7-14-33(25-31)62-35-16-9-18-37(27-35)64(3,59)23-21-30-24-40(48(52,53)54)46-56-42(6-2)44(58(46)29-30)32-13-8-15-34(26-32)63-36-17-10-19-38(28-36)65(4,60)61/h7-20,22,24-29H,3,5-6,21,23H2,1-2,4H3. The van der Waals surface area contributed by atoms with Gasteiger partial charge in [-0.1, -0.05) is 50.2 Å². The minimum Gasteiger partial charge on any atom is -0.457 e. The molecule has 0 amide bonds. The van der Waals surface area contributed by atoms with Crippen LogP contribution < -0.4 is 9.47 Å². The second kappa shape index (κ2) is 17.1. The van der Waals surface area contributed by atoms with Crippen molar-refractivity contribution < 1.29 is 48.4 Å². The van der Waals surface area contributed by atoms with E-state index in [4.69, 9.17) is 9.47 Å². The normalized spacial score (nSPS) is 13.3. The van der Waals surface area contributed by atoms with E-state index in [1.54, 1.807) is 105 Å². The molecule has 0 saturated carbocycles. The van der Waals surface area contributed by atoms with E-state index in [9.17, 15) is 39.0 Å². The first kappa shape index (κ1) is 45.0. The third-order valence-electron chi connectivity index (χ3n) is 10.7. The zero-order valence-corrected chi connectivity index (χ0v) is 36.7. The van der Waals surface area contributed by atoms with Crippen LogP contribution in [0.2, 0.25) is 0 Å². The summed E-state index contributed by atoms with van der Waals surface area (Å²) in [6.45, 7) is 3.58. The van der Waals surface area contributed by atoms with Gasteiger partial charge in [-0.15, -0.1) is 0 Å². The van der Waals surface area contributed by atoms with Crippen LogP contribution in [0.4, 0.5) is 26.3 Å². The molecule has 4 aromatic heterocycles. The molecule has 4 aromatic carbocycles. The van der Waals surface area contributed by atoms with Gasteiger partial charge in [-0.25, -0.2) is 18.4 Å². The maximum Gasteiger partial charge on any atom is 0.419 e. The van der Waals surface area contributed by atoms with Crippen molar-refractivity contribution in [1.82, 2.24) is 18.8 Å². The molecule has 0 radical (unpaired) electrons. The number of fused-ring (bicyclic) bond motifs is 2. The van der Waals surface area contributed by atoms with Crippen LogP contribution in [-0.2, 0) is 51.0 Å². The zero-order valence-electron chi connectivity index (χ0n) is 35.1. The highest BCUT2D eigenvalue weighted by Gasteiger charge is 2.36. The predicted molar refractivity (Wildman–Crippen MR) is 238 cm³/mol. The minimum atomic E-state index is -4.79. The third-order valence-corrected chi connectivity index (χ3v) is 13.8. The van der Waals surface area contributed by atoms with Crippen LogP contribution in [0.15, 0.2) is 137 Å². The van der Waals surface area contributed by atoms with Crippen LogP contribution in [0.1, 0.15) is 41.9 Å². The fourth-order valence-electron chi connectivity index (χ4n) is 7.66. The van der Waals surface area contributed by atoms with Crippen LogP contribution >= 0.6 is 0 Å². The van der Waals surface area contributed by atoms with Gasteiger partial charge in [0.05, 0.1) is 38.8 Å². The number of hydrogen-bond donors (Lipinski definition) is 0. The van der Waals surface area contributed by atoms with E-state index in [0.717, 1.165) is 18.4 Å². The summed E-state index contributed by atoms with van der Waals surface area (Å²) in [7, 11) is -6.64. The summed E-state index contributed by atoms with van der Waals surface area (Å²) in [4.78, 5) is 9.12. The van der Waals surface area contributed by atoms with Crippen molar-refractivity contribution in [3.05, 3.63) is 156 Å². The van der Waals surface area contributed by atoms with Crippen LogP contribution in [0.3, 0.4) is 0 Å². The van der Waals surface area contributed by atoms with Crippen molar-refractivity contribution in [1.29, 1.82) is 0 Å². The molecule has 1 unspecified atom stereocenters. The third kappa shape index (κ3) is 9.34. The second-order valence-corrected chi connectivity index (χ2v) is 19.9. The molecule has 0 saturated heterocycles. The Morgan fingerprint density at radius 2 is 1.08 bits per heavy atom. The maximum absolute atomic E-state index is 14.8. The molecule has 8 rings (SSSR count). The number of aryl methyl sites for hydroxylation is 3. The summed E-state index contributed by atoms with van der Waals surface area (Å²) in [5.41, 5.74) is 0.688. The highest BCUT2D eigenvalue weighted by molar-refractivity contribution is 8.00. The fraction of sp³-hybridized carbons (Fsp3) is 0.188. The average Bonchev–Trinajstić information content (AvgIpc) is 3.83. The first-order valence-electron chi connectivity index (χ1n) is 20.2. The molecule has 0 bridgehead atoms. The van der Waals surface area contributed by atoms with E-state index in [-0.39, 0.29) is 45.4 Å². The van der Waals surface area contributed by atoms with E-state index in [2.05, 4.69) is 15.8 Å². The van der Waals surface area contributed by atoms with Crippen molar-refractivity contribution in [2.45, 2.75) is 55.3 Å². The Labute approximate surface area is 370 Å². The fourth-order valence-corrected chi connectivity index (χ4v) is 9.77. The van der Waals surface area contributed by atoms with E-state index in [1.807, 2.05) is 0 Å². The monoisotopic (exact) mass is 930 g/mol. The van der Waals surface area contributed by atoms with E-state index >= 15 is 0 Å². The molecule has 0 fully saturated rings. The first-order valence-corrected chi connectivity index (χ1v) is 24.0. The number of halogens is 6. The Hall–Kier alpha value is -6.59. The summed E-state index contributed by atoms with van der Waals surface area (Å²) in [5, 5.41) is 0. The van der Waals surface area contributed by atoms with Gasteiger partial charge in [-0.3, -0.25) is 13.0 Å². The number of pyridine rings is 2. The summed E-state index contributed by atoms with van der Waals surface area (Å²) < 4.78 is 139. The van der Waals surface area contributed by atoms with Gasteiger partial charge in [-0.05, 0) is 119 Å². The van der Waals surface area contributed by atoms with Gasteiger partial charge in [0.25, 0.3) is 0 Å². The molecular formula is C48H40F6N4O5S2. The lowest BCUT2D eigenvalue weighted by molar-refractivity contribution is -0.137. The quantitative estimate of drug-likeness (QED) is 0.0838. The van der Waals surface area contributed by atoms with Crippen LogP contribution in [-0.4, -0.2) is 49.3 Å². The number of sulfone groups is 1. The lowest BCUT2D eigenvalue weighted by Gasteiger charge is -2.15. The highest BCUT2D eigenvalue weighted by Crippen LogP contribution is 2.39. The van der Waals surface area contributed by atoms with Gasteiger partial charge in [0.1, 0.15) is 34.3 Å². The molecule has 9 nitrogen and oxygen atoms in total. The number of alkyl halides is 6. The SMILES string of the molecule is C=S(=O)(CCc1cc(C(F)(F)F)c2nc(CC)c(-c3cccc(Oc4cccc(S(C)(=O)=O)c4)c3)n2c1)c1cccc(Oc2cccc(-c3c(CC)nc4c(C(F)(F)F)cccn34)c2)c1. The maximum atomic E-state index is 14.8. The Kier molecular flexibility index (Phi) is 11.8. The molecule has 0 aliphatic carbocycles. The van der Waals surface area contributed by atoms with E-state index < -0.39 is 42.8 Å². The first-order chi connectivity index (χ1) is 30.7. The number of nitrogens with zero attached hydrogens (tertiary/aromatic N) is 4. The van der Waals surface area contributed by atoms with Crippen molar-refractivity contribution in [3.8, 4) is 45.5 Å². The van der Waals surface area contributed by atoms with Gasteiger partial charge in [0.2, 0.25) is 0 Å². The van der Waals surface area contributed by atoms with Crippen LogP contribution in [0.5, 0.6) is 23.0 Å². The number of hydrogen-bond acceptors (Lipinski definition) is 7. The largest absolute Gasteiger partial charge is 0.457 e.